The quantitative estimate of drug-likeness (QED) is 0.912. The Morgan fingerprint density at radius 3 is 2.84 bits per heavy atom. The van der Waals surface area contributed by atoms with E-state index >= 15 is 0 Å². The molecule has 2 rings (SSSR count). The van der Waals surface area contributed by atoms with Crippen LogP contribution in [0.3, 0.4) is 0 Å². The van der Waals surface area contributed by atoms with E-state index in [2.05, 4.69) is 0 Å². The zero-order chi connectivity index (χ0) is 13.8. The van der Waals surface area contributed by atoms with Gasteiger partial charge in [-0.05, 0) is 24.8 Å². The standard InChI is InChI=1S/C14H20F2N2O/c1-19-9-10-3-2-6-18(8-10)12-5-4-11(7-17)13(15)14(12)16/h4-5,10H,2-3,6-9,17H2,1H3. The van der Waals surface area contributed by atoms with Crippen LogP contribution in [0.4, 0.5) is 14.5 Å². The summed E-state index contributed by atoms with van der Waals surface area (Å²) in [7, 11) is 1.66. The highest BCUT2D eigenvalue weighted by Crippen LogP contribution is 2.28. The van der Waals surface area contributed by atoms with Crippen LogP contribution < -0.4 is 10.6 Å². The number of ether oxygens (including phenoxy) is 1. The molecule has 1 atom stereocenters. The van der Waals surface area contributed by atoms with E-state index in [4.69, 9.17) is 10.5 Å². The van der Waals surface area contributed by atoms with E-state index < -0.39 is 11.6 Å². The summed E-state index contributed by atoms with van der Waals surface area (Å²) in [5, 5.41) is 0. The molecule has 106 valence electrons. The smallest absolute Gasteiger partial charge is 0.182 e. The van der Waals surface area contributed by atoms with Gasteiger partial charge in [-0.25, -0.2) is 8.78 Å². The number of hydrogen-bond donors (Lipinski definition) is 1. The molecule has 1 saturated heterocycles. The molecule has 1 aromatic rings. The van der Waals surface area contributed by atoms with Gasteiger partial charge in [0.25, 0.3) is 0 Å². The minimum absolute atomic E-state index is 0.00926. The number of halogens is 2. The van der Waals surface area contributed by atoms with Crippen molar-refractivity contribution in [2.24, 2.45) is 11.7 Å². The number of piperidine rings is 1. The summed E-state index contributed by atoms with van der Waals surface area (Å²) in [5.74, 6) is -1.25. The van der Waals surface area contributed by atoms with E-state index in [1.807, 2.05) is 4.90 Å². The van der Waals surface area contributed by atoms with Crippen LogP contribution in [-0.2, 0) is 11.3 Å². The zero-order valence-electron chi connectivity index (χ0n) is 11.2. The molecular weight excluding hydrogens is 250 g/mol. The van der Waals surface area contributed by atoms with Crippen LogP contribution in [0.25, 0.3) is 0 Å². The van der Waals surface area contributed by atoms with Gasteiger partial charge < -0.3 is 15.4 Å². The molecule has 1 unspecified atom stereocenters. The molecule has 0 aliphatic carbocycles. The summed E-state index contributed by atoms with van der Waals surface area (Å²) in [6, 6.07) is 3.18. The van der Waals surface area contributed by atoms with Crippen molar-refractivity contribution in [1.29, 1.82) is 0 Å². The van der Waals surface area contributed by atoms with Crippen molar-refractivity contribution in [2.75, 3.05) is 31.7 Å². The number of benzene rings is 1. The molecule has 19 heavy (non-hydrogen) atoms. The molecule has 1 aliphatic heterocycles. The maximum Gasteiger partial charge on any atom is 0.182 e. The van der Waals surface area contributed by atoms with Crippen molar-refractivity contribution >= 4 is 5.69 Å². The fraction of sp³-hybridized carbons (Fsp3) is 0.571. The largest absolute Gasteiger partial charge is 0.384 e. The second kappa shape index (κ2) is 6.30. The Morgan fingerprint density at radius 1 is 1.37 bits per heavy atom. The zero-order valence-corrected chi connectivity index (χ0v) is 11.2. The number of rotatable bonds is 4. The van der Waals surface area contributed by atoms with Crippen LogP contribution in [0, 0.1) is 17.6 Å². The molecule has 1 aliphatic rings. The second-order valence-electron chi connectivity index (χ2n) is 4.99. The van der Waals surface area contributed by atoms with Crippen LogP contribution in [0.1, 0.15) is 18.4 Å². The summed E-state index contributed by atoms with van der Waals surface area (Å²) in [6.45, 7) is 2.11. The van der Waals surface area contributed by atoms with Gasteiger partial charge >= 0.3 is 0 Å². The van der Waals surface area contributed by atoms with Crippen molar-refractivity contribution < 1.29 is 13.5 Å². The average Bonchev–Trinajstić information content (AvgIpc) is 2.42. The summed E-state index contributed by atoms with van der Waals surface area (Å²) in [5.41, 5.74) is 5.92. The monoisotopic (exact) mass is 270 g/mol. The van der Waals surface area contributed by atoms with E-state index in [0.29, 0.717) is 24.8 Å². The minimum Gasteiger partial charge on any atom is -0.384 e. The third kappa shape index (κ3) is 3.04. The van der Waals surface area contributed by atoms with Gasteiger partial charge in [0, 0.05) is 32.3 Å². The Bertz CT molecular complexity index is 438. The number of anilines is 1. The summed E-state index contributed by atoms with van der Waals surface area (Å²) < 4.78 is 32.9. The van der Waals surface area contributed by atoms with Gasteiger partial charge in [-0.2, -0.15) is 0 Å². The Labute approximate surface area is 112 Å². The van der Waals surface area contributed by atoms with Crippen LogP contribution >= 0.6 is 0 Å². The highest BCUT2D eigenvalue weighted by molar-refractivity contribution is 5.50. The fourth-order valence-corrected chi connectivity index (χ4v) is 2.64. The predicted octanol–water partition coefficient (Wildman–Crippen LogP) is 2.29. The summed E-state index contributed by atoms with van der Waals surface area (Å²) >= 11 is 0. The molecule has 0 spiro atoms. The Kier molecular flexibility index (Phi) is 4.71. The van der Waals surface area contributed by atoms with Crippen molar-refractivity contribution in [2.45, 2.75) is 19.4 Å². The van der Waals surface area contributed by atoms with Gasteiger partial charge in [-0.1, -0.05) is 6.07 Å². The van der Waals surface area contributed by atoms with Crippen LogP contribution in [0.2, 0.25) is 0 Å². The van der Waals surface area contributed by atoms with Gasteiger partial charge in [-0.15, -0.1) is 0 Å². The van der Waals surface area contributed by atoms with E-state index in [0.717, 1.165) is 19.4 Å². The Morgan fingerprint density at radius 2 is 2.16 bits per heavy atom. The molecule has 3 nitrogen and oxygen atoms in total. The van der Waals surface area contributed by atoms with Crippen molar-refractivity contribution in [3.05, 3.63) is 29.3 Å². The molecule has 0 amide bonds. The average molecular weight is 270 g/mol. The lowest BCUT2D eigenvalue weighted by molar-refractivity contribution is 0.143. The molecule has 0 bridgehead atoms. The molecular formula is C14H20F2N2O. The van der Waals surface area contributed by atoms with Crippen molar-refractivity contribution in [3.8, 4) is 0 Å². The molecule has 0 saturated carbocycles. The second-order valence-corrected chi connectivity index (χ2v) is 4.99. The number of nitrogens with two attached hydrogens (primary N) is 1. The lowest BCUT2D eigenvalue weighted by Crippen LogP contribution is -2.37. The minimum atomic E-state index is -0.825. The van der Waals surface area contributed by atoms with E-state index in [1.54, 1.807) is 19.2 Å². The van der Waals surface area contributed by atoms with Gasteiger partial charge in [0.05, 0.1) is 12.3 Å². The number of methoxy groups -OCH3 is 1. The van der Waals surface area contributed by atoms with Crippen molar-refractivity contribution in [3.63, 3.8) is 0 Å². The molecule has 1 fully saturated rings. The topological polar surface area (TPSA) is 38.5 Å². The van der Waals surface area contributed by atoms with Crippen molar-refractivity contribution in [1.82, 2.24) is 0 Å². The first-order valence-electron chi connectivity index (χ1n) is 6.58. The predicted molar refractivity (Wildman–Crippen MR) is 71.1 cm³/mol. The highest BCUT2D eigenvalue weighted by atomic mass is 19.2. The van der Waals surface area contributed by atoms with Crippen LogP contribution in [0.5, 0.6) is 0 Å². The summed E-state index contributed by atoms with van der Waals surface area (Å²) in [4.78, 5) is 1.89. The van der Waals surface area contributed by atoms with E-state index in [-0.39, 0.29) is 12.1 Å². The van der Waals surface area contributed by atoms with Crippen LogP contribution in [-0.4, -0.2) is 26.8 Å². The highest BCUT2D eigenvalue weighted by Gasteiger charge is 2.24. The first-order valence-corrected chi connectivity index (χ1v) is 6.58. The lowest BCUT2D eigenvalue weighted by atomic mass is 9.98. The van der Waals surface area contributed by atoms with Crippen LogP contribution in [0.15, 0.2) is 12.1 Å². The maximum absolute atomic E-state index is 14.0. The normalized spacial score (nSPS) is 19.8. The molecule has 0 radical (unpaired) electrons. The first kappa shape index (κ1) is 14.2. The van der Waals surface area contributed by atoms with Gasteiger partial charge in [0.15, 0.2) is 11.6 Å². The maximum atomic E-state index is 14.0. The molecule has 1 aromatic carbocycles. The molecule has 0 aromatic heterocycles. The van der Waals surface area contributed by atoms with Gasteiger partial charge in [-0.3, -0.25) is 0 Å². The molecule has 5 heteroatoms. The fourth-order valence-electron chi connectivity index (χ4n) is 2.64. The molecule has 2 N–H and O–H groups in total. The number of hydrogen-bond acceptors (Lipinski definition) is 3. The van der Waals surface area contributed by atoms with E-state index in [1.165, 1.54) is 0 Å². The third-order valence-corrected chi connectivity index (χ3v) is 3.62. The third-order valence-electron chi connectivity index (χ3n) is 3.62. The van der Waals surface area contributed by atoms with Gasteiger partial charge in [0.1, 0.15) is 0 Å². The first-order chi connectivity index (χ1) is 9.17. The summed E-state index contributed by atoms with van der Waals surface area (Å²) in [6.07, 6.45) is 2.03. The Hall–Kier alpha value is -1.20. The lowest BCUT2D eigenvalue weighted by Gasteiger charge is -2.34. The Balaban J connectivity index is 2.19. The molecule has 1 heterocycles. The number of nitrogens with zero attached hydrogens (tertiary/aromatic N) is 1. The SMILES string of the molecule is COCC1CCCN(c2ccc(CN)c(F)c2F)C1. The van der Waals surface area contributed by atoms with Gasteiger partial charge in [0.2, 0.25) is 0 Å². The van der Waals surface area contributed by atoms with E-state index in [9.17, 15) is 8.78 Å².